The zero-order chi connectivity index (χ0) is 22.3. The van der Waals surface area contributed by atoms with E-state index in [-0.39, 0.29) is 17.8 Å². The van der Waals surface area contributed by atoms with E-state index in [9.17, 15) is 14.9 Å². The van der Waals surface area contributed by atoms with Crippen LogP contribution >= 0.6 is 0 Å². The quantitative estimate of drug-likeness (QED) is 0.291. The van der Waals surface area contributed by atoms with Gasteiger partial charge in [-0.3, -0.25) is 19.9 Å². The molecule has 6 heteroatoms. The lowest BCUT2D eigenvalue weighted by atomic mass is 9.99. The summed E-state index contributed by atoms with van der Waals surface area (Å²) in [5.74, 6) is -0.399. The van der Waals surface area contributed by atoms with Gasteiger partial charge in [-0.25, -0.2) is 0 Å². The molecule has 0 aliphatic carbocycles. The largest absolute Gasteiger partial charge is 0.330 e. The third-order valence-electron chi connectivity index (χ3n) is 5.18. The van der Waals surface area contributed by atoms with Gasteiger partial charge in [0.1, 0.15) is 5.56 Å². The van der Waals surface area contributed by atoms with E-state index in [0.717, 1.165) is 22.3 Å². The minimum absolute atomic E-state index is 0.0681. The molecule has 0 radical (unpaired) electrons. The van der Waals surface area contributed by atoms with Crippen molar-refractivity contribution in [1.29, 1.82) is 0 Å². The van der Waals surface area contributed by atoms with Gasteiger partial charge >= 0.3 is 0 Å². The molecule has 4 rings (SSSR count). The van der Waals surface area contributed by atoms with Gasteiger partial charge in [-0.15, -0.1) is 0 Å². The number of hydrogen-bond acceptors (Lipinski definition) is 4. The second kappa shape index (κ2) is 9.66. The number of hydrogen-bond donors (Lipinski definition) is 0. The van der Waals surface area contributed by atoms with Crippen molar-refractivity contribution in [2.45, 2.75) is 13.1 Å². The Morgan fingerprint density at radius 2 is 1.56 bits per heavy atom. The molecule has 158 valence electrons. The maximum absolute atomic E-state index is 13.5. The Balaban J connectivity index is 1.74. The number of pyridine rings is 1. The Bertz CT molecular complexity index is 1230. The van der Waals surface area contributed by atoms with Crippen molar-refractivity contribution in [3.63, 3.8) is 0 Å². The van der Waals surface area contributed by atoms with Crippen LogP contribution in [0.5, 0.6) is 0 Å². The van der Waals surface area contributed by atoms with Gasteiger partial charge in [-0.1, -0.05) is 72.8 Å². The van der Waals surface area contributed by atoms with Crippen molar-refractivity contribution >= 4 is 11.6 Å². The first kappa shape index (κ1) is 20.9. The fourth-order valence-electron chi connectivity index (χ4n) is 3.66. The molecule has 3 aromatic carbocycles. The van der Waals surface area contributed by atoms with E-state index in [4.69, 9.17) is 0 Å². The van der Waals surface area contributed by atoms with Crippen LogP contribution in [0.4, 0.5) is 5.69 Å². The average Bonchev–Trinajstić information content (AvgIpc) is 2.84. The lowest BCUT2D eigenvalue weighted by molar-refractivity contribution is -0.385. The first-order chi connectivity index (χ1) is 15.6. The number of carbonyl (C=O) groups excluding carboxylic acids is 1. The smallest absolute Gasteiger partial charge is 0.282 e. The molecule has 0 saturated heterocycles. The Hall–Kier alpha value is -4.32. The van der Waals surface area contributed by atoms with Gasteiger partial charge in [0.05, 0.1) is 4.92 Å². The molecule has 1 aromatic heterocycles. The summed E-state index contributed by atoms with van der Waals surface area (Å²) in [4.78, 5) is 30.3. The first-order valence-corrected chi connectivity index (χ1v) is 10.2. The van der Waals surface area contributed by atoms with E-state index >= 15 is 0 Å². The molecule has 6 nitrogen and oxygen atoms in total. The topological polar surface area (TPSA) is 76.3 Å². The lowest BCUT2D eigenvalue weighted by Gasteiger charge is -2.24. The van der Waals surface area contributed by atoms with Crippen molar-refractivity contribution in [2.75, 3.05) is 0 Å². The van der Waals surface area contributed by atoms with Gasteiger partial charge in [0, 0.05) is 31.5 Å². The number of amides is 1. The van der Waals surface area contributed by atoms with Gasteiger partial charge in [-0.2, -0.15) is 0 Å². The molecule has 0 bridgehead atoms. The maximum atomic E-state index is 13.5. The van der Waals surface area contributed by atoms with Crippen molar-refractivity contribution in [3.05, 3.63) is 130 Å². The normalized spacial score (nSPS) is 10.5. The molecule has 1 heterocycles. The van der Waals surface area contributed by atoms with Gasteiger partial charge in [-0.05, 0) is 34.4 Å². The van der Waals surface area contributed by atoms with E-state index in [1.54, 1.807) is 35.5 Å². The van der Waals surface area contributed by atoms with E-state index in [1.165, 1.54) is 12.1 Å². The average molecular weight is 423 g/mol. The Labute approximate surface area is 185 Å². The van der Waals surface area contributed by atoms with Gasteiger partial charge in [0.15, 0.2) is 0 Å². The van der Waals surface area contributed by atoms with E-state index < -0.39 is 10.8 Å². The number of rotatable bonds is 7. The van der Waals surface area contributed by atoms with Crippen molar-refractivity contribution < 1.29 is 9.72 Å². The first-order valence-electron chi connectivity index (χ1n) is 10.2. The Morgan fingerprint density at radius 3 is 2.31 bits per heavy atom. The number of para-hydroxylation sites is 1. The maximum Gasteiger partial charge on any atom is 0.282 e. The van der Waals surface area contributed by atoms with Crippen molar-refractivity contribution in [1.82, 2.24) is 9.88 Å². The number of aromatic nitrogens is 1. The summed E-state index contributed by atoms with van der Waals surface area (Å²) in [5.41, 5.74) is 3.72. The molecular formula is C26H21N3O3. The number of nitro groups is 1. The van der Waals surface area contributed by atoms with Crippen LogP contribution in [-0.4, -0.2) is 20.7 Å². The highest BCUT2D eigenvalue weighted by Gasteiger charge is 2.25. The number of nitro benzene ring substituents is 1. The van der Waals surface area contributed by atoms with E-state index in [2.05, 4.69) is 4.98 Å². The highest BCUT2D eigenvalue weighted by atomic mass is 16.6. The molecule has 0 N–H and O–H groups in total. The summed E-state index contributed by atoms with van der Waals surface area (Å²) in [5, 5.41) is 11.5. The number of benzene rings is 3. The molecule has 0 aliphatic heterocycles. The molecule has 0 fully saturated rings. The highest BCUT2D eigenvalue weighted by molar-refractivity contribution is 5.98. The lowest BCUT2D eigenvalue weighted by Crippen LogP contribution is -2.31. The molecule has 0 unspecified atom stereocenters. The molecule has 4 aromatic rings. The van der Waals surface area contributed by atoms with Crippen LogP contribution in [0.2, 0.25) is 0 Å². The number of nitrogens with zero attached hydrogens (tertiary/aromatic N) is 3. The third-order valence-corrected chi connectivity index (χ3v) is 5.18. The fraction of sp³-hybridized carbons (Fsp3) is 0.0769. The van der Waals surface area contributed by atoms with Gasteiger partial charge in [0.25, 0.3) is 11.6 Å². The van der Waals surface area contributed by atoms with E-state index in [0.29, 0.717) is 6.54 Å². The van der Waals surface area contributed by atoms with Gasteiger partial charge in [0.2, 0.25) is 0 Å². The second-order valence-electron chi connectivity index (χ2n) is 7.32. The van der Waals surface area contributed by atoms with Crippen LogP contribution in [0.1, 0.15) is 21.5 Å². The summed E-state index contributed by atoms with van der Waals surface area (Å²) in [6.45, 7) is 0.576. The summed E-state index contributed by atoms with van der Waals surface area (Å²) < 4.78 is 0. The Morgan fingerprint density at radius 1 is 0.844 bits per heavy atom. The predicted octanol–water partition coefficient (Wildman–Crippen LogP) is 5.50. The fourth-order valence-corrected chi connectivity index (χ4v) is 3.66. The van der Waals surface area contributed by atoms with Crippen LogP contribution in [0.3, 0.4) is 0 Å². The molecule has 32 heavy (non-hydrogen) atoms. The molecule has 0 aliphatic rings. The monoisotopic (exact) mass is 423 g/mol. The minimum Gasteiger partial charge on any atom is -0.330 e. The summed E-state index contributed by atoms with van der Waals surface area (Å²) in [6, 6.07) is 27.6. The van der Waals surface area contributed by atoms with Crippen molar-refractivity contribution in [2.24, 2.45) is 0 Å². The summed E-state index contributed by atoms with van der Waals surface area (Å²) in [7, 11) is 0. The zero-order valence-electron chi connectivity index (χ0n) is 17.3. The van der Waals surface area contributed by atoms with Crippen molar-refractivity contribution in [3.8, 4) is 11.1 Å². The zero-order valence-corrected chi connectivity index (χ0v) is 17.3. The minimum atomic E-state index is -0.520. The van der Waals surface area contributed by atoms with Crippen LogP contribution in [-0.2, 0) is 13.1 Å². The highest BCUT2D eigenvalue weighted by Crippen LogP contribution is 2.27. The molecule has 0 saturated carbocycles. The van der Waals surface area contributed by atoms with Crippen LogP contribution < -0.4 is 0 Å². The van der Waals surface area contributed by atoms with Crippen LogP contribution in [0, 0.1) is 10.1 Å². The second-order valence-corrected chi connectivity index (χ2v) is 7.32. The van der Waals surface area contributed by atoms with E-state index in [1.807, 2.05) is 60.7 Å². The summed E-state index contributed by atoms with van der Waals surface area (Å²) in [6.07, 6.45) is 3.37. The molecule has 0 atom stereocenters. The molecule has 1 amide bonds. The Kier molecular flexibility index (Phi) is 6.32. The van der Waals surface area contributed by atoms with Crippen LogP contribution in [0.25, 0.3) is 11.1 Å². The third kappa shape index (κ3) is 4.70. The number of carbonyl (C=O) groups is 1. The standard InChI is InChI=1S/C26H21N3O3/c30-26(24-14-6-7-15-25(24)29(31)32)28(18-20-9-8-16-27-17-20)19-22-12-4-5-13-23(22)21-10-2-1-3-11-21/h1-17H,18-19H2. The predicted molar refractivity (Wildman–Crippen MR) is 123 cm³/mol. The molecule has 0 spiro atoms. The summed E-state index contributed by atoms with van der Waals surface area (Å²) >= 11 is 0. The van der Waals surface area contributed by atoms with Crippen LogP contribution in [0.15, 0.2) is 103 Å². The molecular weight excluding hydrogens is 402 g/mol. The van der Waals surface area contributed by atoms with Gasteiger partial charge < -0.3 is 4.90 Å². The SMILES string of the molecule is O=C(c1ccccc1[N+](=O)[O-])N(Cc1cccnc1)Cc1ccccc1-c1ccccc1.